The lowest BCUT2D eigenvalue weighted by Crippen LogP contribution is -2.06. The van der Waals surface area contributed by atoms with Crippen LogP contribution >= 0.6 is 28.3 Å². The van der Waals surface area contributed by atoms with Crippen molar-refractivity contribution in [3.8, 4) is 5.75 Å². The van der Waals surface area contributed by atoms with Crippen molar-refractivity contribution in [3.05, 3.63) is 40.9 Å². The van der Waals surface area contributed by atoms with Crippen LogP contribution in [0.3, 0.4) is 0 Å². The minimum absolute atomic E-state index is 0. The number of halogens is 2. The van der Waals surface area contributed by atoms with Crippen LogP contribution in [0.2, 0.25) is 0 Å². The van der Waals surface area contributed by atoms with Crippen molar-refractivity contribution in [1.29, 1.82) is 0 Å². The summed E-state index contributed by atoms with van der Waals surface area (Å²) < 4.78 is 0.650. The van der Waals surface area contributed by atoms with Gasteiger partial charge in [0.1, 0.15) is 5.75 Å². The first-order valence-electron chi connectivity index (χ1n) is 3.52. The highest BCUT2D eigenvalue weighted by molar-refractivity contribution is 9.10. The minimum Gasteiger partial charge on any atom is -0.506 e. The number of hydrogen-bond acceptors (Lipinski definition) is 2. The quantitative estimate of drug-likeness (QED) is 0.807. The molecule has 0 fully saturated rings. The first kappa shape index (κ1) is 12.5. The van der Waals surface area contributed by atoms with Gasteiger partial charge in [0, 0.05) is 5.56 Å². The van der Waals surface area contributed by atoms with Crippen LogP contribution in [0.15, 0.2) is 35.3 Å². The average molecular weight is 265 g/mol. The van der Waals surface area contributed by atoms with E-state index in [1.165, 1.54) is 0 Å². The van der Waals surface area contributed by atoms with Crippen LogP contribution in [0.1, 0.15) is 11.6 Å². The number of phenolic OH excluding ortho intramolecular Hbond substituents is 1. The number of benzene rings is 1. The summed E-state index contributed by atoms with van der Waals surface area (Å²) in [6.07, 6.45) is 1.58. The summed E-state index contributed by atoms with van der Waals surface area (Å²) in [4.78, 5) is 0. The normalized spacial score (nSPS) is 11.5. The Bertz CT molecular complexity index is 304. The molecule has 0 radical (unpaired) electrons. The number of rotatable bonds is 2. The molecule has 3 N–H and O–H groups in total. The summed E-state index contributed by atoms with van der Waals surface area (Å²) in [5, 5.41) is 9.52. The molecule has 1 atom stereocenters. The van der Waals surface area contributed by atoms with Crippen molar-refractivity contribution >= 4 is 28.3 Å². The van der Waals surface area contributed by atoms with Gasteiger partial charge in [-0.3, -0.25) is 0 Å². The molecule has 0 saturated heterocycles. The monoisotopic (exact) mass is 263 g/mol. The Morgan fingerprint density at radius 1 is 1.54 bits per heavy atom. The second kappa shape index (κ2) is 5.27. The molecule has 4 heteroatoms. The molecule has 0 aliphatic rings. The minimum atomic E-state index is -0.317. The van der Waals surface area contributed by atoms with Gasteiger partial charge in [-0.1, -0.05) is 18.2 Å². The van der Waals surface area contributed by atoms with E-state index in [2.05, 4.69) is 22.5 Å². The summed E-state index contributed by atoms with van der Waals surface area (Å²) >= 11 is 3.20. The number of hydrogen-bond donors (Lipinski definition) is 2. The van der Waals surface area contributed by atoms with Gasteiger partial charge < -0.3 is 10.8 Å². The molecule has 0 saturated carbocycles. The van der Waals surface area contributed by atoms with Crippen LogP contribution in [0.25, 0.3) is 0 Å². The van der Waals surface area contributed by atoms with Crippen LogP contribution < -0.4 is 5.73 Å². The van der Waals surface area contributed by atoms with Crippen molar-refractivity contribution in [1.82, 2.24) is 0 Å². The Hall–Kier alpha value is -0.510. The van der Waals surface area contributed by atoms with E-state index in [4.69, 9.17) is 5.73 Å². The van der Waals surface area contributed by atoms with Crippen molar-refractivity contribution in [2.24, 2.45) is 5.73 Å². The van der Waals surface area contributed by atoms with E-state index in [-0.39, 0.29) is 24.2 Å². The van der Waals surface area contributed by atoms with Crippen LogP contribution in [-0.2, 0) is 0 Å². The predicted octanol–water partition coefficient (Wildman–Crippen LogP) is 2.76. The Morgan fingerprint density at radius 3 is 2.69 bits per heavy atom. The second-order valence-corrected chi connectivity index (χ2v) is 3.29. The zero-order valence-electron chi connectivity index (χ0n) is 6.90. The van der Waals surface area contributed by atoms with Crippen molar-refractivity contribution in [2.45, 2.75) is 6.04 Å². The Balaban J connectivity index is 0.00000144. The van der Waals surface area contributed by atoms with E-state index in [0.717, 1.165) is 0 Å². The van der Waals surface area contributed by atoms with Gasteiger partial charge in [-0.15, -0.1) is 19.0 Å². The molecule has 13 heavy (non-hydrogen) atoms. The summed E-state index contributed by atoms with van der Waals surface area (Å²) in [6.45, 7) is 3.56. The largest absolute Gasteiger partial charge is 0.506 e. The lowest BCUT2D eigenvalue weighted by molar-refractivity contribution is 0.462. The molecule has 0 heterocycles. The van der Waals surface area contributed by atoms with Gasteiger partial charge in [0.15, 0.2) is 0 Å². The van der Waals surface area contributed by atoms with Crippen molar-refractivity contribution < 1.29 is 5.11 Å². The Labute approximate surface area is 92.0 Å². The molecule has 0 aliphatic carbocycles. The highest BCUT2D eigenvalue weighted by Crippen LogP contribution is 2.30. The SMILES string of the molecule is C=C[C@@H](N)c1cccc(Br)c1O.Cl. The predicted molar refractivity (Wildman–Crippen MR) is 60.2 cm³/mol. The fraction of sp³-hybridized carbons (Fsp3) is 0.111. The zero-order valence-corrected chi connectivity index (χ0v) is 9.31. The Kier molecular flexibility index (Phi) is 5.06. The van der Waals surface area contributed by atoms with Gasteiger partial charge in [0.25, 0.3) is 0 Å². The molecule has 1 aromatic rings. The van der Waals surface area contributed by atoms with E-state index in [1.807, 2.05) is 6.07 Å². The molecule has 72 valence electrons. The molecular formula is C9H11BrClNO. The van der Waals surface area contributed by atoms with E-state index in [0.29, 0.717) is 10.0 Å². The highest BCUT2D eigenvalue weighted by atomic mass is 79.9. The topological polar surface area (TPSA) is 46.2 Å². The number of phenols is 1. The number of para-hydroxylation sites is 1. The fourth-order valence-electron chi connectivity index (χ4n) is 0.928. The van der Waals surface area contributed by atoms with Crippen LogP contribution in [0.5, 0.6) is 5.75 Å². The summed E-state index contributed by atoms with van der Waals surface area (Å²) in [5.41, 5.74) is 6.35. The molecule has 0 unspecified atom stereocenters. The molecule has 0 bridgehead atoms. The van der Waals surface area contributed by atoms with E-state index in [9.17, 15) is 5.11 Å². The maximum absolute atomic E-state index is 9.52. The van der Waals surface area contributed by atoms with Gasteiger partial charge >= 0.3 is 0 Å². The lowest BCUT2D eigenvalue weighted by atomic mass is 10.1. The smallest absolute Gasteiger partial charge is 0.134 e. The van der Waals surface area contributed by atoms with E-state index >= 15 is 0 Å². The van der Waals surface area contributed by atoms with Gasteiger partial charge in [0.05, 0.1) is 10.5 Å². The first-order chi connectivity index (χ1) is 5.66. The van der Waals surface area contributed by atoms with Crippen molar-refractivity contribution in [3.63, 3.8) is 0 Å². The summed E-state index contributed by atoms with van der Waals surface area (Å²) in [6, 6.07) is 5.03. The van der Waals surface area contributed by atoms with E-state index < -0.39 is 0 Å². The molecule has 1 aromatic carbocycles. The molecule has 2 nitrogen and oxygen atoms in total. The van der Waals surface area contributed by atoms with Crippen LogP contribution in [0, 0.1) is 0 Å². The lowest BCUT2D eigenvalue weighted by Gasteiger charge is -2.09. The summed E-state index contributed by atoms with van der Waals surface area (Å²) in [7, 11) is 0. The first-order valence-corrected chi connectivity index (χ1v) is 4.31. The fourth-order valence-corrected chi connectivity index (χ4v) is 1.31. The summed E-state index contributed by atoms with van der Waals surface area (Å²) in [5.74, 6) is 0.185. The third-order valence-electron chi connectivity index (χ3n) is 1.63. The van der Waals surface area contributed by atoms with Gasteiger partial charge in [0.2, 0.25) is 0 Å². The molecule has 0 amide bonds. The number of aromatic hydroxyl groups is 1. The highest BCUT2D eigenvalue weighted by Gasteiger charge is 2.08. The maximum atomic E-state index is 9.52. The Morgan fingerprint density at radius 2 is 2.15 bits per heavy atom. The van der Waals surface area contributed by atoms with Gasteiger partial charge in [-0.05, 0) is 22.0 Å². The maximum Gasteiger partial charge on any atom is 0.134 e. The van der Waals surface area contributed by atoms with Gasteiger partial charge in [-0.2, -0.15) is 0 Å². The third-order valence-corrected chi connectivity index (χ3v) is 2.27. The van der Waals surface area contributed by atoms with Crippen LogP contribution in [-0.4, -0.2) is 5.11 Å². The molecule has 0 aliphatic heterocycles. The van der Waals surface area contributed by atoms with Gasteiger partial charge in [-0.25, -0.2) is 0 Å². The molecule has 1 rings (SSSR count). The van der Waals surface area contributed by atoms with Crippen molar-refractivity contribution in [2.75, 3.05) is 0 Å². The standard InChI is InChI=1S/C9H10BrNO.ClH/c1-2-8(11)6-4-3-5-7(10)9(6)12;/h2-5,8,12H,1,11H2;1H/t8-;/m1./s1. The van der Waals surface area contributed by atoms with E-state index in [1.54, 1.807) is 18.2 Å². The molecule has 0 spiro atoms. The van der Waals surface area contributed by atoms with Crippen LogP contribution in [0.4, 0.5) is 0 Å². The number of nitrogens with two attached hydrogens (primary N) is 1. The molecular weight excluding hydrogens is 253 g/mol. The zero-order chi connectivity index (χ0) is 9.14. The molecule has 0 aromatic heterocycles. The third kappa shape index (κ3) is 2.72. The average Bonchev–Trinajstić information content (AvgIpc) is 2.08. The second-order valence-electron chi connectivity index (χ2n) is 2.44.